The quantitative estimate of drug-likeness (QED) is 0.640. The van der Waals surface area contributed by atoms with E-state index in [1.807, 2.05) is 0 Å². The predicted molar refractivity (Wildman–Crippen MR) is 44.6 cm³/mol. The molecule has 1 atom stereocenters. The standard InChI is InChI=1S/C7H13NO2.ClH/c1-5(8)7(9)10-6-3-2-4-6;/h5-6H,2-4,8H2,1H3;1H/t5-;/m0./s1. The lowest BCUT2D eigenvalue weighted by molar-refractivity contribution is -0.154. The van der Waals surface area contributed by atoms with Crippen LogP contribution in [0.4, 0.5) is 0 Å². The highest BCUT2D eigenvalue weighted by atomic mass is 35.5. The molecule has 3 nitrogen and oxygen atoms in total. The van der Waals surface area contributed by atoms with Gasteiger partial charge in [0.15, 0.2) is 0 Å². The molecule has 0 radical (unpaired) electrons. The zero-order chi connectivity index (χ0) is 7.56. The van der Waals surface area contributed by atoms with Gasteiger partial charge >= 0.3 is 5.97 Å². The first-order chi connectivity index (χ1) is 4.70. The average molecular weight is 180 g/mol. The van der Waals surface area contributed by atoms with Gasteiger partial charge in [-0.3, -0.25) is 4.79 Å². The molecular weight excluding hydrogens is 166 g/mol. The summed E-state index contributed by atoms with van der Waals surface area (Å²) in [6.45, 7) is 1.64. The first kappa shape index (κ1) is 10.7. The van der Waals surface area contributed by atoms with Gasteiger partial charge in [-0.1, -0.05) is 0 Å². The Morgan fingerprint density at radius 1 is 1.64 bits per heavy atom. The van der Waals surface area contributed by atoms with Crippen molar-refractivity contribution in [3.63, 3.8) is 0 Å². The second-order valence-corrected chi connectivity index (χ2v) is 2.78. The van der Waals surface area contributed by atoms with Crippen molar-refractivity contribution in [2.45, 2.75) is 38.3 Å². The third-order valence-electron chi connectivity index (χ3n) is 1.71. The minimum Gasteiger partial charge on any atom is -0.461 e. The van der Waals surface area contributed by atoms with Crippen molar-refractivity contribution in [3.8, 4) is 0 Å². The molecule has 0 heterocycles. The summed E-state index contributed by atoms with van der Waals surface area (Å²) in [7, 11) is 0. The topological polar surface area (TPSA) is 52.3 Å². The number of ether oxygens (including phenoxy) is 1. The summed E-state index contributed by atoms with van der Waals surface area (Å²) >= 11 is 0. The van der Waals surface area contributed by atoms with Crippen LogP contribution < -0.4 is 5.73 Å². The molecule has 0 bridgehead atoms. The van der Waals surface area contributed by atoms with Gasteiger partial charge in [-0.2, -0.15) is 0 Å². The predicted octanol–water partition coefficient (Wildman–Crippen LogP) is 0.851. The van der Waals surface area contributed by atoms with Crippen LogP contribution >= 0.6 is 12.4 Å². The van der Waals surface area contributed by atoms with E-state index in [0.717, 1.165) is 12.8 Å². The Balaban J connectivity index is 0.000001000. The highest BCUT2D eigenvalue weighted by Gasteiger charge is 2.22. The lowest BCUT2D eigenvalue weighted by atomic mass is 9.96. The van der Waals surface area contributed by atoms with Gasteiger partial charge in [0.1, 0.15) is 12.1 Å². The van der Waals surface area contributed by atoms with Crippen LogP contribution in [0.25, 0.3) is 0 Å². The van der Waals surface area contributed by atoms with Gasteiger partial charge in [0.2, 0.25) is 0 Å². The summed E-state index contributed by atoms with van der Waals surface area (Å²) in [5.74, 6) is -0.273. The van der Waals surface area contributed by atoms with E-state index in [2.05, 4.69) is 0 Å². The second-order valence-electron chi connectivity index (χ2n) is 2.78. The van der Waals surface area contributed by atoms with Crippen LogP contribution in [0, 0.1) is 0 Å². The van der Waals surface area contributed by atoms with Gasteiger partial charge < -0.3 is 10.5 Å². The molecule has 1 rings (SSSR count). The van der Waals surface area contributed by atoms with E-state index < -0.39 is 6.04 Å². The van der Waals surface area contributed by atoms with Crippen LogP contribution in [-0.2, 0) is 9.53 Å². The molecule has 2 N–H and O–H groups in total. The maximum Gasteiger partial charge on any atom is 0.322 e. The Labute approximate surface area is 72.7 Å². The zero-order valence-corrected chi connectivity index (χ0v) is 7.39. The van der Waals surface area contributed by atoms with Crippen LogP contribution in [0.1, 0.15) is 26.2 Å². The smallest absolute Gasteiger partial charge is 0.322 e. The Morgan fingerprint density at radius 2 is 2.18 bits per heavy atom. The number of hydrogen-bond acceptors (Lipinski definition) is 3. The fourth-order valence-corrected chi connectivity index (χ4v) is 0.760. The monoisotopic (exact) mass is 179 g/mol. The maximum atomic E-state index is 10.8. The van der Waals surface area contributed by atoms with E-state index in [1.54, 1.807) is 6.92 Å². The van der Waals surface area contributed by atoms with Crippen molar-refractivity contribution in [1.29, 1.82) is 0 Å². The van der Waals surface area contributed by atoms with Gasteiger partial charge in [0, 0.05) is 0 Å². The highest BCUT2D eigenvalue weighted by Crippen LogP contribution is 2.21. The molecule has 0 aromatic carbocycles. The molecule has 0 aromatic heterocycles. The van der Waals surface area contributed by atoms with Crippen molar-refractivity contribution < 1.29 is 9.53 Å². The van der Waals surface area contributed by atoms with Crippen molar-refractivity contribution in [3.05, 3.63) is 0 Å². The molecule has 0 saturated heterocycles. The Hall–Kier alpha value is -0.280. The molecule has 66 valence electrons. The van der Waals surface area contributed by atoms with E-state index >= 15 is 0 Å². The third kappa shape index (κ3) is 3.08. The lowest BCUT2D eigenvalue weighted by Crippen LogP contribution is -2.34. The molecule has 0 aromatic rings. The molecule has 0 spiro atoms. The number of hydrogen-bond donors (Lipinski definition) is 1. The van der Waals surface area contributed by atoms with Gasteiger partial charge in [-0.15, -0.1) is 12.4 Å². The van der Waals surface area contributed by atoms with Crippen molar-refractivity contribution in [2.75, 3.05) is 0 Å². The summed E-state index contributed by atoms with van der Waals surface area (Å²) < 4.78 is 4.98. The van der Waals surface area contributed by atoms with Gasteiger partial charge in [0.05, 0.1) is 0 Å². The molecule has 0 amide bonds. The lowest BCUT2D eigenvalue weighted by Gasteiger charge is -2.25. The maximum absolute atomic E-state index is 10.8. The fraction of sp³-hybridized carbons (Fsp3) is 0.857. The molecular formula is C7H14ClNO2. The Kier molecular flexibility index (Phi) is 4.45. The normalized spacial score (nSPS) is 19.5. The number of esters is 1. The van der Waals surface area contributed by atoms with Crippen LogP contribution in [0.2, 0.25) is 0 Å². The Bertz CT molecular complexity index is 134. The largest absolute Gasteiger partial charge is 0.461 e. The molecule has 0 aliphatic heterocycles. The van der Waals surface area contributed by atoms with Gasteiger partial charge in [0.25, 0.3) is 0 Å². The number of carbonyl (C=O) groups is 1. The van der Waals surface area contributed by atoms with E-state index in [1.165, 1.54) is 6.42 Å². The third-order valence-corrected chi connectivity index (χ3v) is 1.71. The SMILES string of the molecule is C[C@H](N)C(=O)OC1CCC1.Cl. The highest BCUT2D eigenvalue weighted by molar-refractivity contribution is 5.85. The first-order valence-electron chi connectivity index (χ1n) is 3.66. The van der Waals surface area contributed by atoms with Crippen LogP contribution in [0.15, 0.2) is 0 Å². The number of rotatable bonds is 2. The van der Waals surface area contributed by atoms with E-state index in [0.29, 0.717) is 0 Å². The first-order valence-corrected chi connectivity index (χ1v) is 3.66. The summed E-state index contributed by atoms with van der Waals surface area (Å²) in [4.78, 5) is 10.8. The zero-order valence-electron chi connectivity index (χ0n) is 6.58. The fourth-order valence-electron chi connectivity index (χ4n) is 0.760. The molecule has 1 saturated carbocycles. The van der Waals surface area contributed by atoms with Gasteiger partial charge in [-0.05, 0) is 26.2 Å². The van der Waals surface area contributed by atoms with Crippen LogP contribution in [-0.4, -0.2) is 18.1 Å². The van der Waals surface area contributed by atoms with Crippen molar-refractivity contribution in [1.82, 2.24) is 0 Å². The molecule has 1 aliphatic rings. The summed E-state index contributed by atoms with van der Waals surface area (Å²) in [5.41, 5.74) is 5.29. The average Bonchev–Trinajstić information content (AvgIpc) is 1.77. The molecule has 1 aliphatic carbocycles. The molecule has 11 heavy (non-hydrogen) atoms. The Morgan fingerprint density at radius 3 is 2.45 bits per heavy atom. The van der Waals surface area contributed by atoms with Crippen molar-refractivity contribution >= 4 is 18.4 Å². The van der Waals surface area contributed by atoms with Crippen LogP contribution in [0.5, 0.6) is 0 Å². The number of halogens is 1. The summed E-state index contributed by atoms with van der Waals surface area (Å²) in [5, 5.41) is 0. The number of carbonyl (C=O) groups excluding carboxylic acids is 1. The molecule has 1 fully saturated rings. The van der Waals surface area contributed by atoms with Crippen LogP contribution in [0.3, 0.4) is 0 Å². The van der Waals surface area contributed by atoms with E-state index in [-0.39, 0.29) is 24.5 Å². The minimum absolute atomic E-state index is 0. The summed E-state index contributed by atoms with van der Waals surface area (Å²) in [6.07, 6.45) is 3.37. The summed E-state index contributed by atoms with van der Waals surface area (Å²) in [6, 6.07) is -0.472. The number of nitrogens with two attached hydrogens (primary N) is 1. The van der Waals surface area contributed by atoms with E-state index in [9.17, 15) is 4.79 Å². The van der Waals surface area contributed by atoms with Crippen molar-refractivity contribution in [2.24, 2.45) is 5.73 Å². The second kappa shape index (κ2) is 4.57. The minimum atomic E-state index is -0.472. The van der Waals surface area contributed by atoms with E-state index in [4.69, 9.17) is 10.5 Å². The van der Waals surface area contributed by atoms with Gasteiger partial charge in [-0.25, -0.2) is 0 Å². The molecule has 4 heteroatoms. The molecule has 0 unspecified atom stereocenters.